The molecule has 0 atom stereocenters. The molecule has 2 aliphatic heterocycles. The quantitative estimate of drug-likeness (QED) is 0.664. The van der Waals surface area contributed by atoms with Crippen molar-refractivity contribution in [3.05, 3.63) is 41.0 Å². The number of fused-ring (bicyclic) bond motifs is 4. The van der Waals surface area contributed by atoms with Crippen LogP contribution in [-0.4, -0.2) is 34.9 Å². The fraction of sp³-hybridized carbons (Fsp3) is 0.429. The molecule has 4 heterocycles. The highest BCUT2D eigenvalue weighted by atomic mass is 32.2. The topological polar surface area (TPSA) is 44.3 Å². The summed E-state index contributed by atoms with van der Waals surface area (Å²) in [5.74, 6) is 3.32. The van der Waals surface area contributed by atoms with Crippen molar-refractivity contribution in [2.75, 3.05) is 30.4 Å². The number of halogens is 1. The number of piperidine rings is 1. The highest BCUT2D eigenvalue weighted by Gasteiger charge is 2.29. The number of alkyl halides is 1. The van der Waals surface area contributed by atoms with Crippen LogP contribution in [0, 0.1) is 17.2 Å². The summed E-state index contributed by atoms with van der Waals surface area (Å²) in [6.45, 7) is 1.50. The van der Waals surface area contributed by atoms with Gasteiger partial charge in [-0.3, -0.25) is 8.79 Å². The van der Waals surface area contributed by atoms with Gasteiger partial charge in [-0.2, -0.15) is 17.0 Å². The van der Waals surface area contributed by atoms with E-state index >= 15 is 0 Å². The Hall–Kier alpha value is -2.26. The molecule has 0 unspecified atom stereocenters. The maximum Gasteiger partial charge on any atom is 0.157 e. The zero-order valence-corrected chi connectivity index (χ0v) is 15.9. The Bertz CT molecular complexity index is 1060. The first-order chi connectivity index (χ1) is 13.3. The highest BCUT2D eigenvalue weighted by molar-refractivity contribution is 7.98. The summed E-state index contributed by atoms with van der Waals surface area (Å²) in [5, 5.41) is 9.92. The predicted octanol–water partition coefficient (Wildman–Crippen LogP) is 4.33. The van der Waals surface area contributed by atoms with Gasteiger partial charge < -0.3 is 4.90 Å². The van der Waals surface area contributed by atoms with E-state index in [1.54, 1.807) is 0 Å². The Balaban J connectivity index is 1.81. The molecule has 27 heavy (non-hydrogen) atoms. The Morgan fingerprint density at radius 2 is 2.04 bits per heavy atom. The molecule has 1 aromatic carbocycles. The van der Waals surface area contributed by atoms with Crippen LogP contribution in [0.5, 0.6) is 0 Å². The number of benzene rings is 1. The molecular formula is C21H21FN4S. The van der Waals surface area contributed by atoms with Crippen molar-refractivity contribution >= 4 is 34.3 Å². The maximum atomic E-state index is 13.1. The van der Waals surface area contributed by atoms with E-state index in [0.29, 0.717) is 0 Å². The first kappa shape index (κ1) is 16.9. The average Bonchev–Trinajstić information content (AvgIpc) is 3.11. The van der Waals surface area contributed by atoms with Crippen LogP contribution >= 0.6 is 11.8 Å². The van der Waals surface area contributed by atoms with Gasteiger partial charge in [-0.05, 0) is 48.6 Å². The fourth-order valence-electron chi connectivity index (χ4n) is 4.49. The molecular weight excluding hydrogens is 359 g/mol. The van der Waals surface area contributed by atoms with Crippen LogP contribution < -0.4 is 4.90 Å². The molecule has 0 N–H and O–H groups in total. The molecule has 0 amide bonds. The summed E-state index contributed by atoms with van der Waals surface area (Å²) >= 11 is 1.93. The molecule has 0 aliphatic carbocycles. The van der Waals surface area contributed by atoms with Gasteiger partial charge in [0, 0.05) is 24.4 Å². The van der Waals surface area contributed by atoms with Gasteiger partial charge in [0.25, 0.3) is 0 Å². The van der Waals surface area contributed by atoms with Crippen LogP contribution in [0.2, 0.25) is 0 Å². The van der Waals surface area contributed by atoms with Crippen LogP contribution in [0.1, 0.15) is 29.5 Å². The largest absolute Gasteiger partial charge is 0.357 e. The van der Waals surface area contributed by atoms with Crippen molar-refractivity contribution in [3.63, 3.8) is 0 Å². The van der Waals surface area contributed by atoms with E-state index in [2.05, 4.69) is 21.4 Å². The number of rotatable bonds is 2. The molecule has 138 valence electrons. The lowest BCUT2D eigenvalue weighted by Crippen LogP contribution is -2.36. The molecule has 6 heteroatoms. The summed E-state index contributed by atoms with van der Waals surface area (Å²) in [7, 11) is 0. The SMILES string of the molecule is N#Cc1c2c(c(N3CCC(CF)CC3)n3c1nc1ccccc13)CSCC2. The van der Waals surface area contributed by atoms with E-state index in [4.69, 9.17) is 4.98 Å². The van der Waals surface area contributed by atoms with Gasteiger partial charge in [0.1, 0.15) is 11.9 Å². The maximum absolute atomic E-state index is 13.1. The summed E-state index contributed by atoms with van der Waals surface area (Å²) in [4.78, 5) is 7.23. The van der Waals surface area contributed by atoms with E-state index in [1.165, 1.54) is 16.9 Å². The van der Waals surface area contributed by atoms with Crippen LogP contribution in [0.15, 0.2) is 24.3 Å². The van der Waals surface area contributed by atoms with Crippen molar-refractivity contribution < 1.29 is 4.39 Å². The van der Waals surface area contributed by atoms with E-state index in [1.807, 2.05) is 30.0 Å². The molecule has 2 aromatic heterocycles. The van der Waals surface area contributed by atoms with E-state index in [9.17, 15) is 9.65 Å². The minimum atomic E-state index is -0.224. The smallest absolute Gasteiger partial charge is 0.157 e. The summed E-state index contributed by atoms with van der Waals surface area (Å²) in [6, 6.07) is 10.5. The van der Waals surface area contributed by atoms with Crippen molar-refractivity contribution in [2.24, 2.45) is 5.92 Å². The number of nitriles is 1. The highest BCUT2D eigenvalue weighted by Crippen LogP contribution is 2.39. The molecule has 0 bridgehead atoms. The Morgan fingerprint density at radius 1 is 1.22 bits per heavy atom. The standard InChI is InChI=1S/C21H21FN4S/c22-11-14-5-8-25(9-6-14)21-17-13-27-10-7-15(17)16(12-23)20-24-18-3-1-2-4-19(18)26(20)21/h1-4,14H,5-11,13H2. The lowest BCUT2D eigenvalue weighted by molar-refractivity contribution is 0.307. The molecule has 3 aromatic rings. The van der Waals surface area contributed by atoms with Gasteiger partial charge >= 0.3 is 0 Å². The zero-order chi connectivity index (χ0) is 18.4. The van der Waals surface area contributed by atoms with Gasteiger partial charge in [-0.25, -0.2) is 4.98 Å². The number of hydrogen-bond donors (Lipinski definition) is 0. The molecule has 1 saturated heterocycles. The number of imidazole rings is 1. The number of hydrogen-bond acceptors (Lipinski definition) is 4. The molecule has 1 fully saturated rings. The molecule has 5 rings (SSSR count). The predicted molar refractivity (Wildman–Crippen MR) is 108 cm³/mol. The number of aromatic nitrogens is 2. The third kappa shape index (κ3) is 2.60. The van der Waals surface area contributed by atoms with Gasteiger partial charge in [-0.1, -0.05) is 12.1 Å². The van der Waals surface area contributed by atoms with Gasteiger partial charge in [0.2, 0.25) is 0 Å². The Morgan fingerprint density at radius 3 is 2.81 bits per heavy atom. The first-order valence-corrected chi connectivity index (χ1v) is 10.7. The van der Waals surface area contributed by atoms with Crippen molar-refractivity contribution in [1.29, 1.82) is 5.26 Å². The minimum absolute atomic E-state index is 0.180. The Kier molecular flexibility index (Phi) is 4.20. The minimum Gasteiger partial charge on any atom is -0.357 e. The molecule has 2 aliphatic rings. The van der Waals surface area contributed by atoms with Crippen molar-refractivity contribution in [3.8, 4) is 6.07 Å². The van der Waals surface area contributed by atoms with Crippen molar-refractivity contribution in [1.82, 2.24) is 9.38 Å². The summed E-state index contributed by atoms with van der Waals surface area (Å²) in [5.41, 5.74) is 5.91. The summed E-state index contributed by atoms with van der Waals surface area (Å²) < 4.78 is 15.3. The van der Waals surface area contributed by atoms with Gasteiger partial charge in [-0.15, -0.1) is 0 Å². The average molecular weight is 380 g/mol. The monoisotopic (exact) mass is 380 g/mol. The second-order valence-electron chi connectivity index (χ2n) is 7.41. The van der Waals surface area contributed by atoms with Crippen LogP contribution in [-0.2, 0) is 12.2 Å². The second kappa shape index (κ2) is 6.72. The molecule has 0 spiro atoms. The third-order valence-corrected chi connectivity index (χ3v) is 6.90. The number of anilines is 1. The Labute approximate surface area is 162 Å². The molecule has 4 nitrogen and oxygen atoms in total. The number of nitrogens with zero attached hydrogens (tertiary/aromatic N) is 4. The van der Waals surface area contributed by atoms with E-state index in [-0.39, 0.29) is 12.6 Å². The molecule has 0 saturated carbocycles. The number of thioether (sulfide) groups is 1. The fourth-order valence-corrected chi connectivity index (χ4v) is 5.49. The normalized spacial score (nSPS) is 18.0. The lowest BCUT2D eigenvalue weighted by Gasteiger charge is -2.36. The molecule has 0 radical (unpaired) electrons. The second-order valence-corrected chi connectivity index (χ2v) is 8.52. The van der Waals surface area contributed by atoms with Gasteiger partial charge in [0.05, 0.1) is 23.3 Å². The number of pyridine rings is 1. The lowest BCUT2D eigenvalue weighted by atomic mass is 9.96. The van der Waals surface area contributed by atoms with E-state index in [0.717, 1.165) is 66.1 Å². The van der Waals surface area contributed by atoms with Crippen LogP contribution in [0.25, 0.3) is 16.7 Å². The zero-order valence-electron chi connectivity index (χ0n) is 15.1. The first-order valence-electron chi connectivity index (χ1n) is 9.55. The van der Waals surface area contributed by atoms with Crippen LogP contribution in [0.4, 0.5) is 10.2 Å². The van der Waals surface area contributed by atoms with E-state index < -0.39 is 0 Å². The summed E-state index contributed by atoms with van der Waals surface area (Å²) in [6.07, 6.45) is 2.68. The number of para-hydroxylation sites is 2. The van der Waals surface area contributed by atoms with Crippen molar-refractivity contribution in [2.45, 2.75) is 25.0 Å². The van der Waals surface area contributed by atoms with Gasteiger partial charge in [0.15, 0.2) is 5.65 Å². The third-order valence-electron chi connectivity index (χ3n) is 5.92. The van der Waals surface area contributed by atoms with Crippen LogP contribution in [0.3, 0.4) is 0 Å².